The minimum absolute atomic E-state index is 0.0466. The standard InChI is InChI=1S/C13H12FN3O3/c1-2-16-7-10(11(15)18)12(19)17(13(16)20)9-5-3-4-8(14)6-9/h3-7H,2H2,1H3,(H2,15,18). The van der Waals surface area contributed by atoms with Gasteiger partial charge in [0.1, 0.15) is 11.4 Å². The lowest BCUT2D eigenvalue weighted by molar-refractivity contribution is 0.0997. The number of amides is 1. The Kier molecular flexibility index (Phi) is 3.51. The number of rotatable bonds is 3. The minimum Gasteiger partial charge on any atom is -0.365 e. The molecular formula is C13H12FN3O3. The van der Waals surface area contributed by atoms with Crippen molar-refractivity contribution in [1.82, 2.24) is 9.13 Å². The van der Waals surface area contributed by atoms with Crippen molar-refractivity contribution >= 4 is 5.91 Å². The van der Waals surface area contributed by atoms with Crippen LogP contribution in [0.1, 0.15) is 17.3 Å². The Bertz CT molecular complexity index is 792. The van der Waals surface area contributed by atoms with E-state index in [1.54, 1.807) is 6.92 Å². The van der Waals surface area contributed by atoms with Crippen LogP contribution in [0.4, 0.5) is 4.39 Å². The van der Waals surface area contributed by atoms with Crippen LogP contribution in [0.25, 0.3) is 5.69 Å². The molecule has 104 valence electrons. The van der Waals surface area contributed by atoms with Gasteiger partial charge in [0, 0.05) is 12.7 Å². The van der Waals surface area contributed by atoms with Crippen molar-refractivity contribution in [2.45, 2.75) is 13.5 Å². The van der Waals surface area contributed by atoms with Gasteiger partial charge < -0.3 is 5.73 Å². The van der Waals surface area contributed by atoms with Crippen LogP contribution in [-0.4, -0.2) is 15.0 Å². The van der Waals surface area contributed by atoms with Crippen molar-refractivity contribution < 1.29 is 9.18 Å². The van der Waals surface area contributed by atoms with E-state index in [0.717, 1.165) is 21.4 Å². The summed E-state index contributed by atoms with van der Waals surface area (Å²) in [4.78, 5) is 35.6. The maximum Gasteiger partial charge on any atom is 0.335 e. The van der Waals surface area contributed by atoms with Gasteiger partial charge in [-0.3, -0.25) is 14.2 Å². The number of hydrogen-bond donors (Lipinski definition) is 1. The normalized spacial score (nSPS) is 10.5. The van der Waals surface area contributed by atoms with Gasteiger partial charge in [-0.05, 0) is 25.1 Å². The smallest absolute Gasteiger partial charge is 0.335 e. The van der Waals surface area contributed by atoms with E-state index in [9.17, 15) is 18.8 Å². The Morgan fingerprint density at radius 3 is 2.60 bits per heavy atom. The van der Waals surface area contributed by atoms with Crippen molar-refractivity contribution in [1.29, 1.82) is 0 Å². The zero-order chi connectivity index (χ0) is 14.9. The average molecular weight is 277 g/mol. The molecule has 1 heterocycles. The van der Waals surface area contributed by atoms with Gasteiger partial charge in [0.25, 0.3) is 11.5 Å². The fourth-order valence-corrected chi connectivity index (χ4v) is 1.84. The topological polar surface area (TPSA) is 87.1 Å². The number of hydrogen-bond acceptors (Lipinski definition) is 3. The first-order valence-electron chi connectivity index (χ1n) is 5.88. The first kappa shape index (κ1) is 13.7. The van der Waals surface area contributed by atoms with Crippen LogP contribution in [0.2, 0.25) is 0 Å². The Balaban J connectivity index is 2.88. The monoisotopic (exact) mass is 277 g/mol. The number of nitrogens with two attached hydrogens (primary N) is 1. The highest BCUT2D eigenvalue weighted by Gasteiger charge is 2.16. The molecule has 0 fully saturated rings. The zero-order valence-corrected chi connectivity index (χ0v) is 10.7. The minimum atomic E-state index is -0.942. The number of aryl methyl sites for hydroxylation is 1. The number of halogens is 1. The summed E-state index contributed by atoms with van der Waals surface area (Å²) in [7, 11) is 0. The molecule has 0 radical (unpaired) electrons. The molecule has 0 saturated heterocycles. The number of carbonyl (C=O) groups excluding carboxylic acids is 1. The molecule has 6 nitrogen and oxygen atoms in total. The second kappa shape index (κ2) is 5.12. The molecule has 20 heavy (non-hydrogen) atoms. The summed E-state index contributed by atoms with van der Waals surface area (Å²) < 4.78 is 15.1. The lowest BCUT2D eigenvalue weighted by Gasteiger charge is -2.10. The van der Waals surface area contributed by atoms with E-state index in [2.05, 4.69) is 0 Å². The van der Waals surface area contributed by atoms with Crippen molar-refractivity contribution in [2.75, 3.05) is 0 Å². The third-order valence-electron chi connectivity index (χ3n) is 2.83. The van der Waals surface area contributed by atoms with Gasteiger partial charge in [-0.15, -0.1) is 0 Å². The number of benzene rings is 1. The lowest BCUT2D eigenvalue weighted by atomic mass is 10.2. The van der Waals surface area contributed by atoms with E-state index in [1.807, 2.05) is 0 Å². The average Bonchev–Trinajstić information content (AvgIpc) is 2.38. The van der Waals surface area contributed by atoms with Crippen LogP contribution in [0.15, 0.2) is 40.1 Å². The Morgan fingerprint density at radius 1 is 1.35 bits per heavy atom. The van der Waals surface area contributed by atoms with Crippen molar-refractivity contribution in [3.63, 3.8) is 0 Å². The summed E-state index contributed by atoms with van der Waals surface area (Å²) >= 11 is 0. The van der Waals surface area contributed by atoms with Gasteiger partial charge in [0.05, 0.1) is 5.69 Å². The molecule has 2 rings (SSSR count). The first-order valence-corrected chi connectivity index (χ1v) is 5.88. The number of aromatic nitrogens is 2. The van der Waals surface area contributed by atoms with Crippen LogP contribution in [0, 0.1) is 5.82 Å². The van der Waals surface area contributed by atoms with E-state index in [4.69, 9.17) is 5.73 Å². The zero-order valence-electron chi connectivity index (χ0n) is 10.7. The largest absolute Gasteiger partial charge is 0.365 e. The van der Waals surface area contributed by atoms with Crippen LogP contribution in [-0.2, 0) is 6.54 Å². The maximum absolute atomic E-state index is 13.2. The summed E-state index contributed by atoms with van der Waals surface area (Å²) in [6, 6.07) is 4.98. The van der Waals surface area contributed by atoms with E-state index in [0.29, 0.717) is 0 Å². The fourth-order valence-electron chi connectivity index (χ4n) is 1.84. The second-order valence-corrected chi connectivity index (χ2v) is 4.10. The molecule has 0 bridgehead atoms. The van der Waals surface area contributed by atoms with Gasteiger partial charge in [-0.2, -0.15) is 0 Å². The Hall–Kier alpha value is -2.70. The summed E-state index contributed by atoms with van der Waals surface area (Å²) in [5.41, 5.74) is 3.32. The molecule has 0 spiro atoms. The van der Waals surface area contributed by atoms with E-state index >= 15 is 0 Å². The number of nitrogens with zero attached hydrogens (tertiary/aromatic N) is 2. The molecule has 7 heteroatoms. The molecule has 2 N–H and O–H groups in total. The molecule has 0 saturated carbocycles. The summed E-state index contributed by atoms with van der Waals surface area (Å²) in [6.45, 7) is 1.92. The summed E-state index contributed by atoms with van der Waals surface area (Å²) in [6.07, 6.45) is 1.11. The number of carbonyl (C=O) groups is 1. The lowest BCUT2D eigenvalue weighted by Crippen LogP contribution is -2.42. The molecular weight excluding hydrogens is 265 g/mol. The Labute approximate surface area is 112 Å². The molecule has 1 aromatic heterocycles. The van der Waals surface area contributed by atoms with E-state index in [-0.39, 0.29) is 17.8 Å². The highest BCUT2D eigenvalue weighted by atomic mass is 19.1. The highest BCUT2D eigenvalue weighted by molar-refractivity contribution is 5.92. The van der Waals surface area contributed by atoms with E-state index in [1.165, 1.54) is 18.2 Å². The van der Waals surface area contributed by atoms with Gasteiger partial charge >= 0.3 is 5.69 Å². The summed E-state index contributed by atoms with van der Waals surface area (Å²) in [5.74, 6) is -1.54. The Morgan fingerprint density at radius 2 is 2.05 bits per heavy atom. The third kappa shape index (κ3) is 2.25. The van der Waals surface area contributed by atoms with Crippen molar-refractivity contribution in [3.05, 3.63) is 62.7 Å². The van der Waals surface area contributed by atoms with Gasteiger partial charge in [0.15, 0.2) is 0 Å². The van der Waals surface area contributed by atoms with Crippen LogP contribution < -0.4 is 17.0 Å². The quantitative estimate of drug-likeness (QED) is 0.872. The summed E-state index contributed by atoms with van der Waals surface area (Å²) in [5, 5.41) is 0. The predicted molar refractivity (Wildman–Crippen MR) is 70.4 cm³/mol. The van der Waals surface area contributed by atoms with E-state index < -0.39 is 23.0 Å². The third-order valence-corrected chi connectivity index (χ3v) is 2.83. The SMILES string of the molecule is CCn1cc(C(N)=O)c(=O)n(-c2cccc(F)c2)c1=O. The molecule has 1 aromatic carbocycles. The molecule has 0 atom stereocenters. The van der Waals surface area contributed by atoms with Crippen LogP contribution in [0.3, 0.4) is 0 Å². The highest BCUT2D eigenvalue weighted by Crippen LogP contribution is 2.06. The second-order valence-electron chi connectivity index (χ2n) is 4.10. The fraction of sp³-hybridized carbons (Fsp3) is 0.154. The van der Waals surface area contributed by atoms with Crippen LogP contribution >= 0.6 is 0 Å². The molecule has 0 aliphatic carbocycles. The number of primary amides is 1. The van der Waals surface area contributed by atoms with Gasteiger partial charge in [-0.25, -0.2) is 13.8 Å². The first-order chi connectivity index (χ1) is 9.45. The van der Waals surface area contributed by atoms with Crippen LogP contribution in [0.5, 0.6) is 0 Å². The van der Waals surface area contributed by atoms with Crippen molar-refractivity contribution in [2.24, 2.45) is 5.73 Å². The molecule has 0 unspecified atom stereocenters. The molecule has 1 amide bonds. The molecule has 2 aromatic rings. The van der Waals surface area contributed by atoms with Crippen molar-refractivity contribution in [3.8, 4) is 5.69 Å². The van der Waals surface area contributed by atoms with Gasteiger partial charge in [-0.1, -0.05) is 6.07 Å². The van der Waals surface area contributed by atoms with Gasteiger partial charge in [0.2, 0.25) is 0 Å². The maximum atomic E-state index is 13.2. The molecule has 0 aliphatic rings. The molecule has 0 aliphatic heterocycles. The predicted octanol–water partition coefficient (Wildman–Crippen LogP) is 0.257.